The van der Waals surface area contributed by atoms with Crippen LogP contribution in [0, 0.1) is 13.8 Å². The third-order valence-corrected chi connectivity index (χ3v) is 7.58. The first kappa shape index (κ1) is 25.7. The standard InChI is InChI=1S/C32H34N2O4/c1-5-33(6-2)16-17-34-29(24-12-14-25(15-13-24)37-20-23-10-8-7-9-11-23)28-30(35)26-18-21(3)22(4)19-27(26)38-31(28)32(34)36/h7-15,18-19,29H,5-6,16-17,20H2,1-4H3. The van der Waals surface area contributed by atoms with Gasteiger partial charge >= 0.3 is 0 Å². The summed E-state index contributed by atoms with van der Waals surface area (Å²) >= 11 is 0. The second-order valence-electron chi connectivity index (χ2n) is 9.88. The molecule has 0 fully saturated rings. The zero-order valence-corrected chi connectivity index (χ0v) is 22.5. The molecule has 6 heteroatoms. The average Bonchev–Trinajstić information content (AvgIpc) is 3.21. The molecule has 0 saturated carbocycles. The molecule has 1 aromatic heterocycles. The van der Waals surface area contributed by atoms with Gasteiger partial charge < -0.3 is 19.0 Å². The van der Waals surface area contributed by atoms with Crippen LogP contribution in [0.4, 0.5) is 0 Å². The van der Waals surface area contributed by atoms with E-state index in [1.165, 1.54) is 0 Å². The molecule has 6 nitrogen and oxygen atoms in total. The maximum atomic E-state index is 13.9. The predicted octanol–water partition coefficient (Wildman–Crippen LogP) is 5.88. The monoisotopic (exact) mass is 510 g/mol. The van der Waals surface area contributed by atoms with Crippen molar-refractivity contribution < 1.29 is 13.9 Å². The van der Waals surface area contributed by atoms with Crippen LogP contribution in [0.1, 0.15) is 58.3 Å². The molecule has 0 radical (unpaired) electrons. The number of ether oxygens (including phenoxy) is 1. The summed E-state index contributed by atoms with van der Waals surface area (Å²) in [5.74, 6) is 0.645. The van der Waals surface area contributed by atoms with Gasteiger partial charge in [-0.1, -0.05) is 56.3 Å². The van der Waals surface area contributed by atoms with Gasteiger partial charge in [0, 0.05) is 13.1 Å². The van der Waals surface area contributed by atoms with Gasteiger partial charge in [-0.3, -0.25) is 9.59 Å². The van der Waals surface area contributed by atoms with Gasteiger partial charge in [0.2, 0.25) is 5.76 Å². The van der Waals surface area contributed by atoms with E-state index in [4.69, 9.17) is 9.15 Å². The molecule has 196 valence electrons. The number of rotatable bonds is 9. The summed E-state index contributed by atoms with van der Waals surface area (Å²) < 4.78 is 12.1. The molecule has 2 heterocycles. The maximum Gasteiger partial charge on any atom is 0.290 e. The van der Waals surface area contributed by atoms with Gasteiger partial charge in [-0.2, -0.15) is 0 Å². The third-order valence-electron chi connectivity index (χ3n) is 7.58. The largest absolute Gasteiger partial charge is 0.489 e. The summed E-state index contributed by atoms with van der Waals surface area (Å²) in [5, 5.41) is 0.512. The van der Waals surface area contributed by atoms with Gasteiger partial charge in [-0.15, -0.1) is 0 Å². The Morgan fingerprint density at radius 2 is 1.61 bits per heavy atom. The third kappa shape index (κ3) is 4.84. The average molecular weight is 511 g/mol. The summed E-state index contributed by atoms with van der Waals surface area (Å²) in [6, 6.07) is 20.9. The van der Waals surface area contributed by atoms with Gasteiger partial charge in [0.05, 0.1) is 17.0 Å². The zero-order valence-electron chi connectivity index (χ0n) is 22.5. The van der Waals surface area contributed by atoms with Crippen LogP contribution in [0.5, 0.6) is 5.75 Å². The first-order valence-electron chi connectivity index (χ1n) is 13.3. The summed E-state index contributed by atoms with van der Waals surface area (Å²) in [6.45, 7) is 11.6. The van der Waals surface area contributed by atoms with Crippen molar-refractivity contribution in [3.63, 3.8) is 0 Å². The van der Waals surface area contributed by atoms with Crippen molar-refractivity contribution in [2.75, 3.05) is 26.2 Å². The molecule has 0 N–H and O–H groups in total. The number of amides is 1. The smallest absolute Gasteiger partial charge is 0.290 e. The topological polar surface area (TPSA) is 63.0 Å². The van der Waals surface area contributed by atoms with Crippen molar-refractivity contribution in [1.29, 1.82) is 0 Å². The second kappa shape index (κ2) is 10.8. The minimum atomic E-state index is -0.515. The molecule has 1 unspecified atom stereocenters. The highest BCUT2D eigenvalue weighted by molar-refractivity contribution is 5.99. The fourth-order valence-corrected chi connectivity index (χ4v) is 5.13. The lowest BCUT2D eigenvalue weighted by Gasteiger charge is -2.28. The summed E-state index contributed by atoms with van der Waals surface area (Å²) in [6.07, 6.45) is 0. The van der Waals surface area contributed by atoms with Gasteiger partial charge in [0.1, 0.15) is 17.9 Å². The van der Waals surface area contributed by atoms with E-state index in [-0.39, 0.29) is 17.1 Å². The number of likely N-dealkylation sites (N-methyl/N-ethyl adjacent to an activating group) is 1. The Morgan fingerprint density at radius 1 is 0.921 bits per heavy atom. The Hall–Kier alpha value is -3.90. The first-order chi connectivity index (χ1) is 18.4. The molecule has 1 amide bonds. The highest BCUT2D eigenvalue weighted by atomic mass is 16.5. The lowest BCUT2D eigenvalue weighted by Crippen LogP contribution is -2.37. The van der Waals surface area contributed by atoms with Crippen molar-refractivity contribution >= 4 is 16.9 Å². The van der Waals surface area contributed by atoms with Crippen LogP contribution in [-0.4, -0.2) is 41.9 Å². The quantitative estimate of drug-likeness (QED) is 0.282. The van der Waals surface area contributed by atoms with Gasteiger partial charge in [-0.05, 0) is 73.5 Å². The number of carbonyl (C=O) groups excluding carboxylic acids is 1. The van der Waals surface area contributed by atoms with E-state index in [9.17, 15) is 9.59 Å². The predicted molar refractivity (Wildman–Crippen MR) is 150 cm³/mol. The van der Waals surface area contributed by atoms with Crippen LogP contribution in [0.3, 0.4) is 0 Å². The Kier molecular flexibility index (Phi) is 7.34. The van der Waals surface area contributed by atoms with Crippen LogP contribution < -0.4 is 10.2 Å². The Morgan fingerprint density at radius 3 is 2.29 bits per heavy atom. The molecule has 0 saturated heterocycles. The Bertz CT molecular complexity index is 1510. The lowest BCUT2D eigenvalue weighted by atomic mass is 9.97. The van der Waals surface area contributed by atoms with Crippen molar-refractivity contribution in [2.45, 2.75) is 40.3 Å². The molecular weight excluding hydrogens is 476 g/mol. The second-order valence-corrected chi connectivity index (χ2v) is 9.88. The van der Waals surface area contributed by atoms with E-state index >= 15 is 0 Å². The first-order valence-corrected chi connectivity index (χ1v) is 13.3. The highest BCUT2D eigenvalue weighted by Gasteiger charge is 2.42. The summed E-state index contributed by atoms with van der Waals surface area (Å²) in [5.41, 5.74) is 4.72. The van der Waals surface area contributed by atoms with Crippen molar-refractivity contribution in [2.24, 2.45) is 0 Å². The van der Waals surface area contributed by atoms with Crippen molar-refractivity contribution in [1.82, 2.24) is 9.80 Å². The van der Waals surface area contributed by atoms with E-state index < -0.39 is 6.04 Å². The molecule has 0 aliphatic carbocycles. The fourth-order valence-electron chi connectivity index (χ4n) is 5.13. The summed E-state index contributed by atoms with van der Waals surface area (Å²) in [7, 11) is 0. The Labute approximate surface area is 223 Å². The van der Waals surface area contributed by atoms with E-state index in [0.717, 1.165) is 41.1 Å². The number of hydrogen-bond donors (Lipinski definition) is 0. The minimum Gasteiger partial charge on any atom is -0.489 e. The van der Waals surface area contributed by atoms with E-state index in [1.807, 2.05) is 80.6 Å². The van der Waals surface area contributed by atoms with Crippen molar-refractivity contribution in [3.05, 3.63) is 111 Å². The number of fused-ring (bicyclic) bond motifs is 2. The van der Waals surface area contributed by atoms with E-state index in [0.29, 0.717) is 36.2 Å². The number of hydrogen-bond acceptors (Lipinski definition) is 5. The van der Waals surface area contributed by atoms with Gasteiger partial charge in [0.15, 0.2) is 5.43 Å². The maximum absolute atomic E-state index is 13.9. The molecule has 3 aromatic carbocycles. The van der Waals surface area contributed by atoms with Crippen LogP contribution in [0.2, 0.25) is 0 Å². The molecule has 1 aliphatic heterocycles. The number of carbonyl (C=O) groups is 1. The molecule has 0 bridgehead atoms. The summed E-state index contributed by atoms with van der Waals surface area (Å²) in [4.78, 5) is 31.6. The normalized spacial score (nSPS) is 14.9. The molecule has 4 aromatic rings. The number of benzene rings is 3. The van der Waals surface area contributed by atoms with Crippen LogP contribution in [0.25, 0.3) is 11.0 Å². The SMILES string of the molecule is CCN(CC)CCN1C(=O)c2oc3cc(C)c(C)cc3c(=O)c2C1c1ccc(OCc2ccccc2)cc1. The highest BCUT2D eigenvalue weighted by Crippen LogP contribution is 2.38. The van der Waals surface area contributed by atoms with Gasteiger partial charge in [0.25, 0.3) is 5.91 Å². The molecule has 0 spiro atoms. The van der Waals surface area contributed by atoms with Crippen LogP contribution in [0.15, 0.2) is 75.9 Å². The molecule has 38 heavy (non-hydrogen) atoms. The zero-order chi connectivity index (χ0) is 26.8. The Balaban J connectivity index is 1.53. The molecule has 1 atom stereocenters. The van der Waals surface area contributed by atoms with Crippen LogP contribution in [-0.2, 0) is 6.61 Å². The molecular formula is C32H34N2O4. The van der Waals surface area contributed by atoms with Gasteiger partial charge in [-0.25, -0.2) is 0 Å². The fraction of sp³-hybridized carbons (Fsp3) is 0.312. The van der Waals surface area contributed by atoms with Crippen LogP contribution >= 0.6 is 0 Å². The number of nitrogens with zero attached hydrogens (tertiary/aromatic N) is 2. The number of aryl methyl sites for hydroxylation is 2. The van der Waals surface area contributed by atoms with Crippen molar-refractivity contribution in [3.8, 4) is 5.75 Å². The lowest BCUT2D eigenvalue weighted by molar-refractivity contribution is 0.0708. The van der Waals surface area contributed by atoms with E-state index in [2.05, 4.69) is 18.7 Å². The van der Waals surface area contributed by atoms with E-state index in [1.54, 1.807) is 4.90 Å². The molecule has 1 aliphatic rings. The molecule has 5 rings (SSSR count). The minimum absolute atomic E-state index is 0.141.